The van der Waals surface area contributed by atoms with Gasteiger partial charge in [-0.05, 0) is 56.3 Å². The van der Waals surface area contributed by atoms with Crippen LogP contribution in [0.15, 0.2) is 0 Å². The zero-order chi connectivity index (χ0) is 12.3. The molecular weight excluding hydrogens is 226 g/mol. The molecular formula is C13H18F2O2. The van der Waals surface area contributed by atoms with Crippen molar-refractivity contribution in [1.29, 1.82) is 0 Å². The van der Waals surface area contributed by atoms with E-state index in [9.17, 15) is 13.6 Å². The Bertz CT molecular complexity index is 311. The quantitative estimate of drug-likeness (QED) is 0.697. The SMILES string of the molecule is CC(F)(F)C(=O)OC12CC3CC(CC(C3)C1)C2. The Morgan fingerprint density at radius 3 is 1.88 bits per heavy atom. The van der Waals surface area contributed by atoms with Crippen LogP contribution in [-0.2, 0) is 9.53 Å². The molecule has 96 valence electrons. The highest BCUT2D eigenvalue weighted by Crippen LogP contribution is 2.57. The van der Waals surface area contributed by atoms with E-state index in [2.05, 4.69) is 0 Å². The third-order valence-electron chi connectivity index (χ3n) is 4.65. The van der Waals surface area contributed by atoms with Gasteiger partial charge in [-0.2, -0.15) is 8.78 Å². The second-order valence-electron chi connectivity index (χ2n) is 6.38. The summed E-state index contributed by atoms with van der Waals surface area (Å²) in [5.74, 6) is -2.90. The summed E-state index contributed by atoms with van der Waals surface area (Å²) in [6.45, 7) is 0.621. The molecule has 4 heteroatoms. The van der Waals surface area contributed by atoms with E-state index in [1.54, 1.807) is 0 Å². The summed E-state index contributed by atoms with van der Waals surface area (Å²) in [6, 6.07) is 0. The monoisotopic (exact) mass is 244 g/mol. The molecule has 0 spiro atoms. The van der Waals surface area contributed by atoms with Gasteiger partial charge in [0.05, 0.1) is 0 Å². The van der Waals surface area contributed by atoms with E-state index < -0.39 is 17.5 Å². The number of rotatable bonds is 2. The van der Waals surface area contributed by atoms with Gasteiger partial charge in [0.2, 0.25) is 0 Å². The number of ether oxygens (including phenoxy) is 1. The number of hydrogen-bond acceptors (Lipinski definition) is 2. The molecule has 0 aromatic rings. The summed E-state index contributed by atoms with van der Waals surface area (Å²) in [7, 11) is 0. The number of esters is 1. The maximum absolute atomic E-state index is 12.9. The standard InChI is InChI=1S/C13H18F2O2/c1-12(14,15)11(16)17-13-5-8-2-9(6-13)4-10(3-8)7-13/h8-10H,2-7H2,1H3. The zero-order valence-corrected chi connectivity index (χ0v) is 10.0. The number of alkyl halides is 2. The predicted octanol–water partition coefficient (Wildman–Crippen LogP) is 3.15. The lowest BCUT2D eigenvalue weighted by atomic mass is 9.54. The average Bonchev–Trinajstić information content (AvgIpc) is 2.12. The summed E-state index contributed by atoms with van der Waals surface area (Å²) in [5, 5.41) is 0. The second-order valence-corrected chi connectivity index (χ2v) is 6.38. The van der Waals surface area contributed by atoms with Crippen molar-refractivity contribution in [1.82, 2.24) is 0 Å². The van der Waals surface area contributed by atoms with Crippen LogP contribution in [0.5, 0.6) is 0 Å². The van der Waals surface area contributed by atoms with Crippen LogP contribution in [0.4, 0.5) is 8.78 Å². The van der Waals surface area contributed by atoms with Crippen LogP contribution in [0.3, 0.4) is 0 Å². The van der Waals surface area contributed by atoms with Crippen LogP contribution in [0, 0.1) is 17.8 Å². The van der Waals surface area contributed by atoms with Crippen LogP contribution in [-0.4, -0.2) is 17.5 Å². The fourth-order valence-electron chi connectivity index (χ4n) is 4.44. The van der Waals surface area contributed by atoms with Crippen LogP contribution in [0.1, 0.15) is 45.4 Å². The summed E-state index contributed by atoms with van der Waals surface area (Å²) in [4.78, 5) is 11.4. The molecule has 4 aliphatic carbocycles. The highest BCUT2D eigenvalue weighted by molar-refractivity contribution is 5.77. The van der Waals surface area contributed by atoms with Crippen molar-refractivity contribution < 1.29 is 18.3 Å². The van der Waals surface area contributed by atoms with Crippen molar-refractivity contribution in [3.8, 4) is 0 Å². The summed E-state index contributed by atoms with van der Waals surface area (Å²) < 4.78 is 31.1. The summed E-state index contributed by atoms with van der Waals surface area (Å²) in [6.07, 6.45) is 6.04. The van der Waals surface area contributed by atoms with E-state index in [0.717, 1.165) is 19.3 Å². The first-order valence-corrected chi connectivity index (χ1v) is 6.48. The Kier molecular flexibility index (Phi) is 2.30. The normalized spacial score (nSPS) is 43.8. The van der Waals surface area contributed by atoms with Crippen LogP contribution < -0.4 is 0 Å². The number of carbonyl (C=O) groups excluding carboxylic acids is 1. The Morgan fingerprint density at radius 2 is 1.53 bits per heavy atom. The average molecular weight is 244 g/mol. The number of carbonyl (C=O) groups is 1. The van der Waals surface area contributed by atoms with E-state index in [4.69, 9.17) is 4.74 Å². The van der Waals surface area contributed by atoms with Crippen molar-refractivity contribution in [2.75, 3.05) is 0 Å². The van der Waals surface area contributed by atoms with Crippen molar-refractivity contribution >= 4 is 5.97 Å². The fourth-order valence-corrected chi connectivity index (χ4v) is 4.44. The first-order valence-electron chi connectivity index (χ1n) is 6.48. The fraction of sp³-hybridized carbons (Fsp3) is 0.923. The first-order chi connectivity index (χ1) is 7.86. The molecule has 0 saturated heterocycles. The molecule has 4 saturated carbocycles. The van der Waals surface area contributed by atoms with Gasteiger partial charge in [0.1, 0.15) is 5.60 Å². The molecule has 0 unspecified atom stereocenters. The molecule has 4 rings (SSSR count). The third kappa shape index (κ3) is 1.95. The minimum atomic E-state index is -3.36. The van der Waals surface area contributed by atoms with Gasteiger partial charge in [-0.25, -0.2) is 4.79 Å². The minimum Gasteiger partial charge on any atom is -0.455 e. The molecule has 0 radical (unpaired) electrons. The van der Waals surface area contributed by atoms with Crippen LogP contribution >= 0.6 is 0 Å². The second kappa shape index (κ2) is 3.42. The van der Waals surface area contributed by atoms with Gasteiger partial charge in [-0.15, -0.1) is 0 Å². The molecule has 4 fully saturated rings. The van der Waals surface area contributed by atoms with E-state index in [1.807, 2.05) is 0 Å². The maximum atomic E-state index is 12.9. The maximum Gasteiger partial charge on any atom is 0.377 e. The molecule has 0 amide bonds. The molecule has 17 heavy (non-hydrogen) atoms. The minimum absolute atomic E-state index is 0.550. The Labute approximate surface area is 99.7 Å². The molecule has 0 N–H and O–H groups in total. The Balaban J connectivity index is 1.76. The lowest BCUT2D eigenvalue weighted by Crippen LogP contribution is -2.54. The number of halogens is 2. The van der Waals surface area contributed by atoms with Gasteiger partial charge in [0.25, 0.3) is 0 Å². The lowest BCUT2D eigenvalue weighted by Gasteiger charge is -2.55. The molecule has 4 bridgehead atoms. The van der Waals surface area contributed by atoms with E-state index >= 15 is 0 Å². The molecule has 0 aliphatic heterocycles. The lowest BCUT2D eigenvalue weighted by molar-refractivity contribution is -0.207. The topological polar surface area (TPSA) is 26.3 Å². The highest BCUT2D eigenvalue weighted by atomic mass is 19.3. The highest BCUT2D eigenvalue weighted by Gasteiger charge is 2.54. The summed E-state index contributed by atoms with van der Waals surface area (Å²) in [5.41, 5.74) is -0.550. The van der Waals surface area contributed by atoms with Gasteiger partial charge in [-0.3, -0.25) is 0 Å². The Morgan fingerprint density at radius 1 is 1.12 bits per heavy atom. The van der Waals surface area contributed by atoms with Crippen molar-refractivity contribution in [2.24, 2.45) is 17.8 Å². The predicted molar refractivity (Wildman–Crippen MR) is 57.6 cm³/mol. The molecule has 0 atom stereocenters. The van der Waals surface area contributed by atoms with Gasteiger partial charge in [-0.1, -0.05) is 0 Å². The molecule has 0 aromatic heterocycles. The van der Waals surface area contributed by atoms with E-state index in [1.165, 1.54) is 19.3 Å². The smallest absolute Gasteiger partial charge is 0.377 e. The summed E-state index contributed by atoms with van der Waals surface area (Å²) >= 11 is 0. The van der Waals surface area contributed by atoms with E-state index in [0.29, 0.717) is 24.7 Å². The van der Waals surface area contributed by atoms with Gasteiger partial charge < -0.3 is 4.74 Å². The van der Waals surface area contributed by atoms with Gasteiger partial charge >= 0.3 is 11.9 Å². The zero-order valence-electron chi connectivity index (χ0n) is 10.0. The van der Waals surface area contributed by atoms with Crippen molar-refractivity contribution in [2.45, 2.75) is 57.0 Å². The molecule has 4 aliphatic rings. The number of hydrogen-bond donors (Lipinski definition) is 0. The van der Waals surface area contributed by atoms with Gasteiger partial charge in [0, 0.05) is 6.92 Å². The largest absolute Gasteiger partial charge is 0.455 e. The van der Waals surface area contributed by atoms with Crippen LogP contribution in [0.25, 0.3) is 0 Å². The molecule has 0 heterocycles. The van der Waals surface area contributed by atoms with Crippen molar-refractivity contribution in [3.05, 3.63) is 0 Å². The van der Waals surface area contributed by atoms with Crippen LogP contribution in [0.2, 0.25) is 0 Å². The molecule has 2 nitrogen and oxygen atoms in total. The first kappa shape index (κ1) is 11.4. The van der Waals surface area contributed by atoms with Crippen molar-refractivity contribution in [3.63, 3.8) is 0 Å². The van der Waals surface area contributed by atoms with Gasteiger partial charge in [0.15, 0.2) is 0 Å². The third-order valence-corrected chi connectivity index (χ3v) is 4.65. The van der Waals surface area contributed by atoms with E-state index in [-0.39, 0.29) is 0 Å². The molecule has 0 aromatic carbocycles. The Hall–Kier alpha value is -0.670.